The van der Waals surface area contributed by atoms with Gasteiger partial charge in [-0.3, -0.25) is 0 Å². The van der Waals surface area contributed by atoms with Crippen LogP contribution in [0.4, 0.5) is 0 Å². The van der Waals surface area contributed by atoms with Crippen LogP contribution in [0.25, 0.3) is 0 Å². The third-order valence-corrected chi connectivity index (χ3v) is 6.66. The van der Waals surface area contributed by atoms with Crippen LogP contribution in [0.2, 0.25) is 0 Å². The second kappa shape index (κ2) is 11.6. The van der Waals surface area contributed by atoms with Gasteiger partial charge in [-0.1, -0.05) is 67.2 Å². The largest absolute Gasteiger partial charge is 0.453 e. The monoisotopic (exact) mass is 526 g/mol. The normalized spacial score (nSPS) is 32.2. The fraction of sp³-hybridized carbons (Fsp3) is 0.483. The maximum Gasteiger partial charge on any atom is 0.338 e. The van der Waals surface area contributed by atoms with Crippen LogP contribution < -0.4 is 0 Å². The Morgan fingerprint density at radius 1 is 0.921 bits per heavy atom. The molecule has 0 unspecified atom stereocenters. The van der Waals surface area contributed by atoms with E-state index in [9.17, 15) is 4.79 Å². The summed E-state index contributed by atoms with van der Waals surface area (Å²) in [7, 11) is 1.52. The summed E-state index contributed by atoms with van der Waals surface area (Å²) in [6, 6.07) is 19.4. The molecular weight excluding hydrogens is 492 g/mol. The standard InChI is InChI=1S/C29H34O9/c1-18-15-33-27(31-4)24(32-16-19-11-7-5-8-12-19)21(18)35-26(30)23-22-25(38-29(2,3)37-22)28(36-23)34-17-20-13-9-6-10-14-20/h5-14,21-25,27-28H,1,15-17H2,2-4H3/t21-,22-,23-,24+,25-,27-,28-/m0/s1. The minimum Gasteiger partial charge on any atom is -0.453 e. The van der Waals surface area contributed by atoms with Gasteiger partial charge in [0.15, 0.2) is 30.6 Å². The molecule has 5 rings (SSSR count). The highest BCUT2D eigenvalue weighted by Crippen LogP contribution is 2.40. The molecule has 9 nitrogen and oxygen atoms in total. The van der Waals surface area contributed by atoms with Crippen LogP contribution in [0.5, 0.6) is 0 Å². The third kappa shape index (κ3) is 6.00. The first kappa shape index (κ1) is 27.0. The van der Waals surface area contributed by atoms with E-state index in [1.54, 1.807) is 13.8 Å². The Kier molecular flexibility index (Phi) is 8.25. The van der Waals surface area contributed by atoms with Gasteiger partial charge < -0.3 is 37.9 Å². The van der Waals surface area contributed by atoms with Crippen LogP contribution >= 0.6 is 0 Å². The molecule has 0 aliphatic carbocycles. The molecule has 0 saturated carbocycles. The SMILES string of the molecule is C=C1CO[C@H](OC)[C@H](OCc2ccccc2)[C@H]1OC(=O)[C@H]1O[C@H](OCc2ccccc2)[C@H]2OC(C)(C)O[C@H]21. The van der Waals surface area contributed by atoms with Crippen LogP contribution in [-0.2, 0) is 55.9 Å². The first-order valence-electron chi connectivity index (χ1n) is 12.7. The van der Waals surface area contributed by atoms with Crippen molar-refractivity contribution in [2.24, 2.45) is 0 Å². The van der Waals surface area contributed by atoms with Crippen LogP contribution in [-0.4, -0.2) is 68.6 Å². The van der Waals surface area contributed by atoms with E-state index < -0.39 is 54.9 Å². The smallest absolute Gasteiger partial charge is 0.338 e. The lowest BCUT2D eigenvalue weighted by Gasteiger charge is -2.38. The van der Waals surface area contributed by atoms with Gasteiger partial charge in [0.2, 0.25) is 0 Å². The third-order valence-electron chi connectivity index (χ3n) is 6.66. The number of esters is 1. The lowest BCUT2D eigenvalue weighted by molar-refractivity contribution is -0.251. The number of rotatable bonds is 9. The van der Waals surface area contributed by atoms with Crippen molar-refractivity contribution in [1.29, 1.82) is 0 Å². The number of hydrogen-bond donors (Lipinski definition) is 0. The second-order valence-electron chi connectivity index (χ2n) is 9.98. The minimum atomic E-state index is -1.06. The molecule has 3 aliphatic rings. The summed E-state index contributed by atoms with van der Waals surface area (Å²) in [5.74, 6) is -1.53. The van der Waals surface area contributed by atoms with E-state index in [-0.39, 0.29) is 13.2 Å². The zero-order valence-electron chi connectivity index (χ0n) is 21.8. The molecule has 3 saturated heterocycles. The van der Waals surface area contributed by atoms with Gasteiger partial charge in [-0.05, 0) is 30.5 Å². The molecule has 0 radical (unpaired) electrons. The Hall–Kier alpha value is -2.63. The van der Waals surface area contributed by atoms with Gasteiger partial charge in [0, 0.05) is 7.11 Å². The van der Waals surface area contributed by atoms with Crippen LogP contribution in [0.3, 0.4) is 0 Å². The maximum atomic E-state index is 13.5. The van der Waals surface area contributed by atoms with Crippen molar-refractivity contribution in [3.05, 3.63) is 83.9 Å². The summed E-state index contributed by atoms with van der Waals surface area (Å²) in [5.41, 5.74) is 2.49. The summed E-state index contributed by atoms with van der Waals surface area (Å²) >= 11 is 0. The van der Waals surface area contributed by atoms with E-state index in [0.29, 0.717) is 12.2 Å². The summed E-state index contributed by atoms with van der Waals surface area (Å²) in [5, 5.41) is 0. The van der Waals surface area contributed by atoms with Crippen molar-refractivity contribution in [3.63, 3.8) is 0 Å². The zero-order valence-corrected chi connectivity index (χ0v) is 21.8. The predicted octanol–water partition coefficient (Wildman–Crippen LogP) is 3.50. The Morgan fingerprint density at radius 3 is 2.16 bits per heavy atom. The van der Waals surface area contributed by atoms with E-state index >= 15 is 0 Å². The number of carbonyl (C=O) groups excluding carboxylic acids is 1. The molecule has 0 N–H and O–H groups in total. The fourth-order valence-corrected chi connectivity index (χ4v) is 4.86. The van der Waals surface area contributed by atoms with Gasteiger partial charge in [0.1, 0.15) is 18.3 Å². The molecule has 0 amide bonds. The zero-order chi connectivity index (χ0) is 26.7. The fourth-order valence-electron chi connectivity index (χ4n) is 4.86. The number of fused-ring (bicyclic) bond motifs is 1. The highest BCUT2D eigenvalue weighted by molar-refractivity contribution is 5.76. The molecule has 7 atom stereocenters. The first-order valence-corrected chi connectivity index (χ1v) is 12.7. The summed E-state index contributed by atoms with van der Waals surface area (Å²) in [6.07, 6.45) is -5.46. The molecule has 3 aliphatic heterocycles. The van der Waals surface area contributed by atoms with Gasteiger partial charge in [-0.2, -0.15) is 0 Å². The number of benzene rings is 2. The molecule has 3 fully saturated rings. The molecular formula is C29H34O9. The highest BCUT2D eigenvalue weighted by atomic mass is 16.8. The Bertz CT molecular complexity index is 1090. The number of ether oxygens (including phenoxy) is 8. The van der Waals surface area contributed by atoms with E-state index in [0.717, 1.165) is 11.1 Å². The quantitative estimate of drug-likeness (QED) is 0.360. The van der Waals surface area contributed by atoms with Crippen LogP contribution in [0, 0.1) is 0 Å². The number of carbonyl (C=O) groups is 1. The summed E-state index contributed by atoms with van der Waals surface area (Å²) in [4.78, 5) is 13.5. The van der Waals surface area contributed by atoms with Gasteiger partial charge in [0.25, 0.3) is 0 Å². The molecule has 0 spiro atoms. The van der Waals surface area contributed by atoms with E-state index in [2.05, 4.69) is 6.58 Å². The van der Waals surface area contributed by atoms with Crippen molar-refractivity contribution in [2.45, 2.75) is 75.9 Å². The van der Waals surface area contributed by atoms with Crippen LogP contribution in [0.1, 0.15) is 25.0 Å². The van der Waals surface area contributed by atoms with Crippen molar-refractivity contribution < 1.29 is 42.7 Å². The van der Waals surface area contributed by atoms with E-state index in [4.69, 9.17) is 37.9 Å². The van der Waals surface area contributed by atoms with Gasteiger partial charge in [0.05, 0.1) is 19.8 Å². The molecule has 2 aromatic carbocycles. The predicted molar refractivity (Wildman–Crippen MR) is 135 cm³/mol. The van der Waals surface area contributed by atoms with Crippen molar-refractivity contribution in [3.8, 4) is 0 Å². The van der Waals surface area contributed by atoms with Gasteiger partial charge in [-0.25, -0.2) is 4.79 Å². The molecule has 2 aromatic rings. The summed E-state index contributed by atoms with van der Waals surface area (Å²) in [6.45, 7) is 8.37. The average Bonchev–Trinajstić information content (AvgIpc) is 3.41. The van der Waals surface area contributed by atoms with Crippen molar-refractivity contribution >= 4 is 5.97 Å². The van der Waals surface area contributed by atoms with E-state index in [1.165, 1.54) is 7.11 Å². The average molecular weight is 527 g/mol. The molecule has 0 bridgehead atoms. The molecule has 204 valence electrons. The topological polar surface area (TPSA) is 90.9 Å². The van der Waals surface area contributed by atoms with Gasteiger partial charge >= 0.3 is 5.97 Å². The van der Waals surface area contributed by atoms with Gasteiger partial charge in [-0.15, -0.1) is 0 Å². The van der Waals surface area contributed by atoms with Crippen molar-refractivity contribution in [1.82, 2.24) is 0 Å². The molecule has 0 aromatic heterocycles. The Morgan fingerprint density at radius 2 is 1.53 bits per heavy atom. The minimum absolute atomic E-state index is 0.161. The maximum absolute atomic E-state index is 13.5. The Balaban J connectivity index is 1.29. The van der Waals surface area contributed by atoms with Crippen molar-refractivity contribution in [2.75, 3.05) is 13.7 Å². The first-order chi connectivity index (χ1) is 18.3. The lowest BCUT2D eigenvalue weighted by atomic mass is 10.0. The number of hydrogen-bond acceptors (Lipinski definition) is 9. The number of methoxy groups -OCH3 is 1. The van der Waals surface area contributed by atoms with E-state index in [1.807, 2.05) is 60.7 Å². The lowest BCUT2D eigenvalue weighted by Crippen LogP contribution is -2.51. The van der Waals surface area contributed by atoms with Crippen LogP contribution in [0.15, 0.2) is 72.8 Å². The highest BCUT2D eigenvalue weighted by Gasteiger charge is 2.59. The molecule has 38 heavy (non-hydrogen) atoms. The summed E-state index contributed by atoms with van der Waals surface area (Å²) < 4.78 is 47.5. The second-order valence-corrected chi connectivity index (χ2v) is 9.98. The Labute approximate surface area is 222 Å². The molecule has 9 heteroatoms. The molecule has 3 heterocycles.